The van der Waals surface area contributed by atoms with Gasteiger partial charge in [0.15, 0.2) is 5.69 Å². The maximum atomic E-state index is 12.8. The summed E-state index contributed by atoms with van der Waals surface area (Å²) in [5.41, 5.74) is 1.52. The van der Waals surface area contributed by atoms with E-state index in [1.165, 1.54) is 0 Å². The van der Waals surface area contributed by atoms with Gasteiger partial charge in [-0.05, 0) is 48.5 Å². The number of aromatic nitrogens is 2. The van der Waals surface area contributed by atoms with Gasteiger partial charge in [-0.1, -0.05) is 43.3 Å². The quantitative estimate of drug-likeness (QED) is 0.422. The normalized spacial score (nSPS) is 10.4. The molecule has 4 aromatic rings. The maximum absolute atomic E-state index is 12.8. The molecule has 7 nitrogen and oxygen atoms in total. The highest BCUT2D eigenvalue weighted by molar-refractivity contribution is 6.04. The first-order valence-electron chi connectivity index (χ1n) is 10.2. The topological polar surface area (TPSA) is 85.2 Å². The number of benzene rings is 3. The van der Waals surface area contributed by atoms with Gasteiger partial charge < -0.3 is 15.4 Å². The Morgan fingerprint density at radius 1 is 0.844 bits per heavy atom. The largest absolute Gasteiger partial charge is 0.457 e. The number of nitrogens with one attached hydrogen (secondary N) is 2. The Morgan fingerprint density at radius 3 is 2.12 bits per heavy atom. The van der Waals surface area contributed by atoms with E-state index in [-0.39, 0.29) is 17.5 Å². The van der Waals surface area contributed by atoms with Crippen molar-refractivity contribution in [3.8, 4) is 17.2 Å². The van der Waals surface area contributed by atoms with Crippen molar-refractivity contribution in [2.24, 2.45) is 0 Å². The van der Waals surface area contributed by atoms with E-state index in [0.29, 0.717) is 23.7 Å². The number of rotatable bonds is 7. The fourth-order valence-corrected chi connectivity index (χ4v) is 3.00. The lowest BCUT2D eigenvalue weighted by Crippen LogP contribution is -2.14. The SMILES string of the molecule is CCC(=O)Nc1cc(C(=O)Nc2ccc(Oc3ccccc3)cc2)nn1-c1ccccc1. The maximum Gasteiger partial charge on any atom is 0.276 e. The molecular formula is C25H22N4O3. The van der Waals surface area contributed by atoms with E-state index in [4.69, 9.17) is 4.74 Å². The molecule has 0 aliphatic rings. The van der Waals surface area contributed by atoms with Gasteiger partial charge in [0.25, 0.3) is 5.91 Å². The molecule has 2 amide bonds. The van der Waals surface area contributed by atoms with Gasteiger partial charge in [-0.15, -0.1) is 0 Å². The van der Waals surface area contributed by atoms with Crippen molar-refractivity contribution in [2.45, 2.75) is 13.3 Å². The smallest absolute Gasteiger partial charge is 0.276 e. The molecule has 0 fully saturated rings. The van der Waals surface area contributed by atoms with E-state index in [9.17, 15) is 9.59 Å². The molecule has 4 rings (SSSR count). The van der Waals surface area contributed by atoms with E-state index in [0.717, 1.165) is 11.4 Å². The molecule has 2 N–H and O–H groups in total. The molecule has 1 aromatic heterocycles. The van der Waals surface area contributed by atoms with Crippen molar-refractivity contribution >= 4 is 23.3 Å². The summed E-state index contributed by atoms with van der Waals surface area (Å²) in [5, 5.41) is 10.0. The first-order valence-corrected chi connectivity index (χ1v) is 10.2. The molecule has 0 bridgehead atoms. The molecule has 0 radical (unpaired) electrons. The standard InChI is InChI=1S/C25H22N4O3/c1-2-24(30)27-23-17-22(28-29(23)19-9-5-3-6-10-19)25(31)26-18-13-15-21(16-14-18)32-20-11-7-4-8-12-20/h3-17H,2H2,1H3,(H,26,31)(H,27,30). The summed E-state index contributed by atoms with van der Waals surface area (Å²) in [4.78, 5) is 24.7. The van der Waals surface area contributed by atoms with E-state index in [2.05, 4.69) is 15.7 Å². The van der Waals surface area contributed by atoms with E-state index < -0.39 is 0 Å². The van der Waals surface area contributed by atoms with Crippen molar-refractivity contribution in [3.05, 3.63) is 96.7 Å². The number of nitrogens with zero attached hydrogens (tertiary/aromatic N) is 2. The summed E-state index contributed by atoms with van der Waals surface area (Å²) in [6, 6.07) is 27.4. The minimum atomic E-state index is -0.386. The van der Waals surface area contributed by atoms with Gasteiger partial charge in [0.1, 0.15) is 17.3 Å². The number of hydrogen-bond donors (Lipinski definition) is 2. The number of hydrogen-bond acceptors (Lipinski definition) is 4. The summed E-state index contributed by atoms with van der Waals surface area (Å²) >= 11 is 0. The molecule has 32 heavy (non-hydrogen) atoms. The minimum absolute atomic E-state index is 0.164. The lowest BCUT2D eigenvalue weighted by atomic mass is 10.3. The molecule has 0 saturated carbocycles. The van der Waals surface area contributed by atoms with Crippen LogP contribution in [0.2, 0.25) is 0 Å². The minimum Gasteiger partial charge on any atom is -0.457 e. The monoisotopic (exact) mass is 426 g/mol. The van der Waals surface area contributed by atoms with Gasteiger partial charge in [0.2, 0.25) is 5.91 Å². The van der Waals surface area contributed by atoms with Crippen molar-refractivity contribution in [1.29, 1.82) is 0 Å². The fraction of sp³-hybridized carbons (Fsp3) is 0.0800. The number of ether oxygens (including phenoxy) is 1. The summed E-state index contributed by atoms with van der Waals surface area (Å²) < 4.78 is 7.31. The van der Waals surface area contributed by atoms with Crippen molar-refractivity contribution in [3.63, 3.8) is 0 Å². The third kappa shape index (κ3) is 5.02. The molecule has 160 valence electrons. The van der Waals surface area contributed by atoms with Crippen LogP contribution in [-0.2, 0) is 4.79 Å². The predicted octanol–water partition coefficient (Wildman–Crippen LogP) is 5.27. The van der Waals surface area contributed by atoms with Crippen LogP contribution < -0.4 is 15.4 Å². The second-order valence-electron chi connectivity index (χ2n) is 6.96. The molecule has 0 spiro atoms. The van der Waals surface area contributed by atoms with Gasteiger partial charge in [-0.3, -0.25) is 9.59 Å². The highest BCUT2D eigenvalue weighted by Crippen LogP contribution is 2.23. The second-order valence-corrected chi connectivity index (χ2v) is 6.96. The molecular weight excluding hydrogens is 404 g/mol. The summed E-state index contributed by atoms with van der Waals surface area (Å²) in [6.45, 7) is 1.76. The second kappa shape index (κ2) is 9.61. The van der Waals surface area contributed by atoms with Crippen LogP contribution in [0, 0.1) is 0 Å². The molecule has 7 heteroatoms. The number of carbonyl (C=O) groups is 2. The Hall–Kier alpha value is -4.39. The average Bonchev–Trinajstić information content (AvgIpc) is 3.25. The zero-order chi connectivity index (χ0) is 22.3. The molecule has 1 heterocycles. The molecule has 0 aliphatic carbocycles. The Bertz CT molecular complexity index is 1200. The van der Waals surface area contributed by atoms with Crippen LogP contribution in [0.25, 0.3) is 5.69 Å². The number of anilines is 2. The van der Waals surface area contributed by atoms with Crippen molar-refractivity contribution in [1.82, 2.24) is 9.78 Å². The molecule has 0 saturated heterocycles. The van der Waals surface area contributed by atoms with Gasteiger partial charge in [0.05, 0.1) is 5.69 Å². The highest BCUT2D eigenvalue weighted by atomic mass is 16.5. The molecule has 0 unspecified atom stereocenters. The summed E-state index contributed by atoms with van der Waals surface area (Å²) in [6.07, 6.45) is 0.318. The lowest BCUT2D eigenvalue weighted by Gasteiger charge is -2.08. The first-order chi connectivity index (χ1) is 15.6. The molecule has 0 atom stereocenters. The van der Waals surface area contributed by atoms with E-state index in [1.807, 2.05) is 60.7 Å². The Kier molecular flexibility index (Phi) is 6.27. The van der Waals surface area contributed by atoms with Gasteiger partial charge in [-0.25, -0.2) is 4.68 Å². The van der Waals surface area contributed by atoms with Crippen LogP contribution in [0.1, 0.15) is 23.8 Å². The Labute approximate surface area is 185 Å². The van der Waals surface area contributed by atoms with Gasteiger partial charge in [-0.2, -0.15) is 5.10 Å². The predicted molar refractivity (Wildman–Crippen MR) is 123 cm³/mol. The van der Waals surface area contributed by atoms with Crippen molar-refractivity contribution in [2.75, 3.05) is 10.6 Å². The van der Waals surface area contributed by atoms with Crippen LogP contribution in [0.3, 0.4) is 0 Å². The Morgan fingerprint density at radius 2 is 1.47 bits per heavy atom. The van der Waals surface area contributed by atoms with Gasteiger partial charge >= 0.3 is 0 Å². The van der Waals surface area contributed by atoms with E-state index in [1.54, 1.807) is 41.9 Å². The average molecular weight is 426 g/mol. The lowest BCUT2D eigenvalue weighted by molar-refractivity contribution is -0.115. The Balaban J connectivity index is 1.51. The van der Waals surface area contributed by atoms with E-state index >= 15 is 0 Å². The third-order valence-electron chi connectivity index (χ3n) is 4.62. The van der Waals surface area contributed by atoms with Gasteiger partial charge in [0, 0.05) is 18.2 Å². The molecule has 0 aliphatic heterocycles. The summed E-state index contributed by atoms with van der Waals surface area (Å²) in [5.74, 6) is 1.27. The van der Waals surface area contributed by atoms with Crippen LogP contribution >= 0.6 is 0 Å². The van der Waals surface area contributed by atoms with Crippen LogP contribution in [0.15, 0.2) is 91.0 Å². The van der Waals surface area contributed by atoms with Crippen LogP contribution in [0.5, 0.6) is 11.5 Å². The number of para-hydroxylation sites is 2. The zero-order valence-electron chi connectivity index (χ0n) is 17.5. The van der Waals surface area contributed by atoms with Crippen LogP contribution in [0.4, 0.5) is 11.5 Å². The third-order valence-corrected chi connectivity index (χ3v) is 4.62. The highest BCUT2D eigenvalue weighted by Gasteiger charge is 2.17. The summed E-state index contributed by atoms with van der Waals surface area (Å²) in [7, 11) is 0. The van der Waals surface area contributed by atoms with Crippen molar-refractivity contribution < 1.29 is 14.3 Å². The molecule has 3 aromatic carbocycles. The van der Waals surface area contributed by atoms with Crippen LogP contribution in [-0.4, -0.2) is 21.6 Å². The number of amides is 2. The fourth-order valence-electron chi connectivity index (χ4n) is 3.00. The first kappa shape index (κ1) is 20.9. The zero-order valence-corrected chi connectivity index (χ0v) is 17.5. The number of carbonyl (C=O) groups excluding carboxylic acids is 2.